The minimum atomic E-state index is 0.314. The lowest BCUT2D eigenvalue weighted by Gasteiger charge is -2.40. The summed E-state index contributed by atoms with van der Waals surface area (Å²) in [6, 6.07) is 6.27. The third-order valence-corrected chi connectivity index (χ3v) is 5.45. The van der Waals surface area contributed by atoms with Gasteiger partial charge in [0.25, 0.3) is 0 Å². The van der Waals surface area contributed by atoms with Gasteiger partial charge in [0.05, 0.1) is 5.69 Å². The van der Waals surface area contributed by atoms with Crippen molar-refractivity contribution in [1.29, 1.82) is 0 Å². The van der Waals surface area contributed by atoms with Crippen LogP contribution >= 0.6 is 0 Å². The lowest BCUT2D eigenvalue weighted by atomic mass is 9.79. The Morgan fingerprint density at radius 2 is 2.08 bits per heavy atom. The summed E-state index contributed by atoms with van der Waals surface area (Å²) in [5.41, 5.74) is 2.57. The molecule has 2 saturated heterocycles. The molecule has 2 fully saturated rings. The van der Waals surface area contributed by atoms with E-state index in [2.05, 4.69) is 53.8 Å². The van der Waals surface area contributed by atoms with Gasteiger partial charge in [0.2, 0.25) is 5.91 Å². The average Bonchev–Trinajstić information content (AvgIpc) is 2.90. The van der Waals surface area contributed by atoms with Crippen LogP contribution in [0.5, 0.6) is 0 Å². The zero-order chi connectivity index (χ0) is 17.2. The molecular formula is C20H31N3O. The Bertz CT molecular complexity index is 586. The first kappa shape index (κ1) is 17.4. The van der Waals surface area contributed by atoms with Crippen molar-refractivity contribution in [2.45, 2.75) is 53.0 Å². The number of amides is 1. The van der Waals surface area contributed by atoms with Gasteiger partial charge in [-0.25, -0.2) is 0 Å². The van der Waals surface area contributed by atoms with E-state index in [9.17, 15) is 4.79 Å². The van der Waals surface area contributed by atoms with E-state index in [0.29, 0.717) is 23.7 Å². The van der Waals surface area contributed by atoms with E-state index in [1.165, 1.54) is 12.8 Å². The first-order valence-electron chi connectivity index (χ1n) is 9.38. The lowest BCUT2D eigenvalue weighted by molar-refractivity contribution is -0.131. The van der Waals surface area contributed by atoms with E-state index >= 15 is 0 Å². The number of aromatic nitrogens is 1. The maximum Gasteiger partial charge on any atom is 0.222 e. The van der Waals surface area contributed by atoms with Crippen LogP contribution in [0, 0.1) is 18.3 Å². The molecule has 132 valence electrons. The van der Waals surface area contributed by atoms with Crippen molar-refractivity contribution in [1.82, 2.24) is 14.8 Å². The highest BCUT2D eigenvalue weighted by Crippen LogP contribution is 2.39. The molecule has 2 aliphatic rings. The molecule has 0 unspecified atom stereocenters. The third-order valence-electron chi connectivity index (χ3n) is 5.45. The molecular weight excluding hydrogens is 298 g/mol. The zero-order valence-corrected chi connectivity index (χ0v) is 15.4. The average molecular weight is 329 g/mol. The van der Waals surface area contributed by atoms with E-state index < -0.39 is 0 Å². The summed E-state index contributed by atoms with van der Waals surface area (Å²) in [6.07, 6.45) is 4.34. The summed E-state index contributed by atoms with van der Waals surface area (Å²) in [7, 11) is 0. The maximum atomic E-state index is 12.4. The van der Waals surface area contributed by atoms with Gasteiger partial charge >= 0.3 is 0 Å². The van der Waals surface area contributed by atoms with E-state index in [-0.39, 0.29) is 0 Å². The number of likely N-dealkylation sites (tertiary alicyclic amines) is 2. The van der Waals surface area contributed by atoms with Gasteiger partial charge in [-0.2, -0.15) is 0 Å². The molecule has 4 nitrogen and oxygen atoms in total. The summed E-state index contributed by atoms with van der Waals surface area (Å²) >= 11 is 0. The fourth-order valence-electron chi connectivity index (χ4n) is 4.32. The third kappa shape index (κ3) is 4.15. The molecule has 4 heteroatoms. The molecule has 0 radical (unpaired) electrons. The molecule has 1 atom stereocenters. The molecule has 1 aromatic heterocycles. The number of hydrogen-bond donors (Lipinski definition) is 0. The Kier molecular flexibility index (Phi) is 5.24. The van der Waals surface area contributed by atoms with E-state index in [4.69, 9.17) is 0 Å². The highest BCUT2D eigenvalue weighted by atomic mass is 16.2. The van der Waals surface area contributed by atoms with Crippen LogP contribution in [0.25, 0.3) is 0 Å². The Hall–Kier alpha value is -1.42. The molecule has 24 heavy (non-hydrogen) atoms. The number of carbonyl (C=O) groups is 1. The predicted octanol–water partition coefficient (Wildman–Crippen LogP) is 3.25. The Morgan fingerprint density at radius 1 is 1.25 bits per heavy atom. The van der Waals surface area contributed by atoms with Crippen molar-refractivity contribution in [3.63, 3.8) is 0 Å². The van der Waals surface area contributed by atoms with Crippen LogP contribution in [0.15, 0.2) is 18.2 Å². The standard InChI is InChI=1S/C20H31N3O/c1-16(2)12-19(24)23-11-9-20(15-23)8-5-10-22(14-20)13-18-7-4-6-17(3)21-18/h4,6-7,16H,5,8-15H2,1-3H3/t20-/m1/s1. The fraction of sp³-hybridized carbons (Fsp3) is 0.700. The fourth-order valence-corrected chi connectivity index (χ4v) is 4.32. The van der Waals surface area contributed by atoms with E-state index in [1.807, 2.05) is 0 Å². The summed E-state index contributed by atoms with van der Waals surface area (Å²) in [5.74, 6) is 0.795. The lowest BCUT2D eigenvalue weighted by Crippen LogP contribution is -2.45. The molecule has 1 spiro atoms. The second-order valence-corrected chi connectivity index (χ2v) is 8.25. The summed E-state index contributed by atoms with van der Waals surface area (Å²) in [4.78, 5) is 21.7. The van der Waals surface area contributed by atoms with Gasteiger partial charge < -0.3 is 4.90 Å². The summed E-state index contributed by atoms with van der Waals surface area (Å²) < 4.78 is 0. The van der Waals surface area contributed by atoms with E-state index in [0.717, 1.165) is 50.5 Å². The number of rotatable bonds is 4. The smallest absolute Gasteiger partial charge is 0.222 e. The van der Waals surface area contributed by atoms with Crippen LogP contribution in [0.3, 0.4) is 0 Å². The van der Waals surface area contributed by atoms with Gasteiger partial charge in [0.1, 0.15) is 0 Å². The quantitative estimate of drug-likeness (QED) is 0.851. The molecule has 1 amide bonds. The Balaban J connectivity index is 1.60. The van der Waals surface area contributed by atoms with Crippen LogP contribution in [0.4, 0.5) is 0 Å². The van der Waals surface area contributed by atoms with Crippen LogP contribution in [0.1, 0.15) is 50.9 Å². The first-order chi connectivity index (χ1) is 11.5. The van der Waals surface area contributed by atoms with Crippen molar-refractivity contribution in [2.24, 2.45) is 11.3 Å². The van der Waals surface area contributed by atoms with E-state index in [1.54, 1.807) is 0 Å². The summed E-state index contributed by atoms with van der Waals surface area (Å²) in [6.45, 7) is 11.4. The van der Waals surface area contributed by atoms with Crippen molar-refractivity contribution < 1.29 is 4.79 Å². The Labute approximate surface area is 146 Å². The highest BCUT2D eigenvalue weighted by molar-refractivity contribution is 5.76. The largest absolute Gasteiger partial charge is 0.342 e. The predicted molar refractivity (Wildman–Crippen MR) is 96.6 cm³/mol. The molecule has 3 heterocycles. The normalized spacial score (nSPS) is 24.9. The molecule has 0 aliphatic carbocycles. The highest BCUT2D eigenvalue weighted by Gasteiger charge is 2.42. The SMILES string of the molecule is Cc1cccc(CN2CCC[C@@]3(CCN(C(=O)CC(C)C)C3)C2)n1. The number of pyridine rings is 1. The van der Waals surface area contributed by atoms with Gasteiger partial charge in [-0.3, -0.25) is 14.7 Å². The molecule has 0 saturated carbocycles. The van der Waals surface area contributed by atoms with Gasteiger partial charge in [-0.1, -0.05) is 19.9 Å². The minimum Gasteiger partial charge on any atom is -0.342 e. The second-order valence-electron chi connectivity index (χ2n) is 8.25. The van der Waals surface area contributed by atoms with Crippen molar-refractivity contribution in [3.05, 3.63) is 29.6 Å². The number of nitrogens with zero attached hydrogens (tertiary/aromatic N) is 3. The zero-order valence-electron chi connectivity index (χ0n) is 15.4. The van der Waals surface area contributed by atoms with Gasteiger partial charge in [0.15, 0.2) is 0 Å². The second kappa shape index (κ2) is 7.22. The number of carbonyl (C=O) groups excluding carboxylic acids is 1. The topological polar surface area (TPSA) is 36.4 Å². The van der Waals surface area contributed by atoms with Crippen LogP contribution in [-0.2, 0) is 11.3 Å². The molecule has 0 bridgehead atoms. The number of aryl methyl sites for hydroxylation is 1. The van der Waals surface area contributed by atoms with Crippen molar-refractivity contribution in [3.8, 4) is 0 Å². The summed E-state index contributed by atoms with van der Waals surface area (Å²) in [5, 5.41) is 0. The first-order valence-corrected chi connectivity index (χ1v) is 9.38. The van der Waals surface area contributed by atoms with Gasteiger partial charge in [-0.05, 0) is 50.8 Å². The molecule has 2 aliphatic heterocycles. The van der Waals surface area contributed by atoms with Crippen molar-refractivity contribution >= 4 is 5.91 Å². The Morgan fingerprint density at radius 3 is 2.83 bits per heavy atom. The molecule has 3 rings (SSSR count). The minimum absolute atomic E-state index is 0.314. The van der Waals surface area contributed by atoms with Crippen LogP contribution in [0.2, 0.25) is 0 Å². The van der Waals surface area contributed by atoms with Gasteiger partial charge in [0, 0.05) is 43.7 Å². The van der Waals surface area contributed by atoms with Crippen molar-refractivity contribution in [2.75, 3.05) is 26.2 Å². The monoisotopic (exact) mass is 329 g/mol. The number of hydrogen-bond acceptors (Lipinski definition) is 3. The van der Waals surface area contributed by atoms with Gasteiger partial charge in [-0.15, -0.1) is 0 Å². The molecule has 0 N–H and O–H groups in total. The molecule has 1 aromatic rings. The number of piperidine rings is 1. The van der Waals surface area contributed by atoms with Crippen LogP contribution in [-0.4, -0.2) is 46.9 Å². The maximum absolute atomic E-state index is 12.4. The van der Waals surface area contributed by atoms with Crippen LogP contribution < -0.4 is 0 Å². The molecule has 0 aromatic carbocycles.